The Morgan fingerprint density at radius 1 is 1.19 bits per heavy atom. The number of hydrogen-bond acceptors (Lipinski definition) is 7. The lowest BCUT2D eigenvalue weighted by atomic mass is 9.99. The zero-order chi connectivity index (χ0) is 19.6. The highest BCUT2D eigenvalue weighted by molar-refractivity contribution is 5.89. The Kier molecular flexibility index (Phi) is 6.36. The van der Waals surface area contributed by atoms with E-state index in [1.54, 1.807) is 6.07 Å². The summed E-state index contributed by atoms with van der Waals surface area (Å²) in [4.78, 5) is 5.43. The molecule has 0 spiro atoms. The predicted molar refractivity (Wildman–Crippen MR) is 99.6 cm³/mol. The average Bonchev–Trinajstić information content (AvgIpc) is 3.10. The van der Waals surface area contributed by atoms with Crippen LogP contribution in [-0.2, 0) is 11.2 Å². The number of nitrogens with one attached hydrogen (secondary N) is 1. The van der Waals surface area contributed by atoms with E-state index in [0.29, 0.717) is 5.75 Å². The highest BCUT2D eigenvalue weighted by Gasteiger charge is 2.44. The van der Waals surface area contributed by atoms with Gasteiger partial charge in [-0.1, -0.05) is 13.0 Å². The van der Waals surface area contributed by atoms with Gasteiger partial charge < -0.3 is 39.8 Å². The van der Waals surface area contributed by atoms with Crippen LogP contribution in [0.15, 0.2) is 24.4 Å². The van der Waals surface area contributed by atoms with E-state index in [4.69, 9.17) is 9.47 Å². The van der Waals surface area contributed by atoms with Gasteiger partial charge in [0, 0.05) is 23.6 Å². The van der Waals surface area contributed by atoms with Crippen LogP contribution in [0.25, 0.3) is 10.9 Å². The van der Waals surface area contributed by atoms with Crippen LogP contribution in [0, 0.1) is 0 Å². The monoisotopic (exact) mass is 380 g/mol. The average molecular weight is 380 g/mol. The second-order valence-electron chi connectivity index (χ2n) is 6.95. The summed E-state index contributed by atoms with van der Waals surface area (Å²) in [5, 5.41) is 40.3. The molecule has 27 heavy (non-hydrogen) atoms. The summed E-state index contributed by atoms with van der Waals surface area (Å²) < 4.78 is 11.3. The number of H-pyrrole nitrogens is 1. The van der Waals surface area contributed by atoms with E-state index in [1.165, 1.54) is 0 Å². The molecule has 5 unspecified atom stereocenters. The zero-order valence-electron chi connectivity index (χ0n) is 15.6. The lowest BCUT2D eigenvalue weighted by Crippen LogP contribution is -2.60. The SMILES string of the molecule is CCN(C)CCc1c[nH]c2cccc(OC3OC(CO)C(O)C(O)C3O)c12. The maximum atomic E-state index is 10.2. The molecule has 8 heteroatoms. The molecule has 8 nitrogen and oxygen atoms in total. The fourth-order valence-corrected chi connectivity index (χ4v) is 3.27. The number of nitrogens with zero attached hydrogens (tertiary/aromatic N) is 1. The Bertz CT molecular complexity index is 749. The van der Waals surface area contributed by atoms with Gasteiger partial charge in [0.1, 0.15) is 30.2 Å². The second kappa shape index (κ2) is 8.55. The van der Waals surface area contributed by atoms with Crippen LogP contribution < -0.4 is 4.74 Å². The molecule has 1 aliphatic heterocycles. The summed E-state index contributed by atoms with van der Waals surface area (Å²) in [5.74, 6) is 0.507. The summed E-state index contributed by atoms with van der Waals surface area (Å²) in [6.07, 6.45) is -3.76. The van der Waals surface area contributed by atoms with E-state index < -0.39 is 37.3 Å². The molecular formula is C19H28N2O6. The van der Waals surface area contributed by atoms with Crippen molar-refractivity contribution in [1.29, 1.82) is 0 Å². The smallest absolute Gasteiger partial charge is 0.229 e. The Hall–Kier alpha value is -1.68. The summed E-state index contributed by atoms with van der Waals surface area (Å²) in [7, 11) is 2.06. The van der Waals surface area contributed by atoms with E-state index in [-0.39, 0.29) is 0 Å². The largest absolute Gasteiger partial charge is 0.461 e. The van der Waals surface area contributed by atoms with Gasteiger partial charge >= 0.3 is 0 Å². The fourth-order valence-electron chi connectivity index (χ4n) is 3.27. The van der Waals surface area contributed by atoms with E-state index in [2.05, 4.69) is 23.9 Å². The molecule has 2 aromatic rings. The van der Waals surface area contributed by atoms with Gasteiger partial charge in [-0.05, 0) is 37.7 Å². The first-order valence-corrected chi connectivity index (χ1v) is 9.21. The normalized spacial score (nSPS) is 28.8. The highest BCUT2D eigenvalue weighted by Crippen LogP contribution is 2.32. The van der Waals surface area contributed by atoms with Crippen molar-refractivity contribution in [2.45, 2.75) is 44.1 Å². The van der Waals surface area contributed by atoms with E-state index in [0.717, 1.165) is 36.0 Å². The van der Waals surface area contributed by atoms with Crippen LogP contribution in [0.2, 0.25) is 0 Å². The summed E-state index contributed by atoms with van der Waals surface area (Å²) in [6, 6.07) is 5.52. The minimum absolute atomic E-state index is 0.492. The van der Waals surface area contributed by atoms with Gasteiger partial charge in [-0.25, -0.2) is 0 Å². The van der Waals surface area contributed by atoms with Gasteiger partial charge in [-0.3, -0.25) is 0 Å². The third kappa shape index (κ3) is 4.11. The van der Waals surface area contributed by atoms with E-state index >= 15 is 0 Å². The number of aromatic nitrogens is 1. The molecule has 150 valence electrons. The van der Waals surface area contributed by atoms with Crippen LogP contribution >= 0.6 is 0 Å². The third-order valence-corrected chi connectivity index (χ3v) is 5.14. The molecule has 0 amide bonds. The molecule has 0 bridgehead atoms. The van der Waals surface area contributed by atoms with Crippen LogP contribution in [0.3, 0.4) is 0 Å². The van der Waals surface area contributed by atoms with Gasteiger partial charge in [-0.2, -0.15) is 0 Å². The molecule has 1 aliphatic rings. The molecule has 0 saturated carbocycles. The topological polar surface area (TPSA) is 118 Å². The van der Waals surface area contributed by atoms with Crippen molar-refractivity contribution < 1.29 is 29.9 Å². The summed E-state index contributed by atoms with van der Waals surface area (Å²) in [6.45, 7) is 3.45. The number of fused-ring (bicyclic) bond motifs is 1. The molecule has 0 radical (unpaired) electrons. The van der Waals surface area contributed by atoms with Crippen LogP contribution in [0.5, 0.6) is 5.75 Å². The molecule has 1 aromatic heterocycles. The maximum Gasteiger partial charge on any atom is 0.229 e. The molecule has 3 rings (SSSR count). The minimum Gasteiger partial charge on any atom is -0.461 e. The fraction of sp³-hybridized carbons (Fsp3) is 0.579. The van der Waals surface area contributed by atoms with Crippen molar-refractivity contribution in [2.24, 2.45) is 0 Å². The quantitative estimate of drug-likeness (QED) is 0.453. The Balaban J connectivity index is 1.85. The van der Waals surface area contributed by atoms with Crippen LogP contribution in [0.4, 0.5) is 0 Å². The van der Waals surface area contributed by atoms with Crippen LogP contribution in [-0.4, -0.2) is 87.8 Å². The first-order chi connectivity index (χ1) is 13.0. The number of likely N-dealkylation sites (N-methyl/N-ethyl adjacent to an activating group) is 1. The van der Waals surface area contributed by atoms with Crippen molar-refractivity contribution in [1.82, 2.24) is 9.88 Å². The molecule has 5 N–H and O–H groups in total. The number of aromatic amines is 1. The predicted octanol–water partition coefficient (Wildman–Crippen LogP) is -0.159. The van der Waals surface area contributed by atoms with Crippen molar-refractivity contribution in [2.75, 3.05) is 26.7 Å². The van der Waals surface area contributed by atoms with Crippen molar-refractivity contribution in [3.05, 3.63) is 30.0 Å². The number of aliphatic hydroxyl groups is 4. The number of rotatable bonds is 7. The molecule has 5 atom stereocenters. The van der Waals surface area contributed by atoms with E-state index in [1.807, 2.05) is 18.3 Å². The van der Waals surface area contributed by atoms with Gasteiger partial charge in [0.15, 0.2) is 0 Å². The lowest BCUT2D eigenvalue weighted by molar-refractivity contribution is -0.277. The van der Waals surface area contributed by atoms with Gasteiger partial charge in [0.25, 0.3) is 0 Å². The van der Waals surface area contributed by atoms with Crippen molar-refractivity contribution in [3.63, 3.8) is 0 Å². The lowest BCUT2D eigenvalue weighted by Gasteiger charge is -2.39. The Morgan fingerprint density at radius 2 is 1.96 bits per heavy atom. The summed E-state index contributed by atoms with van der Waals surface area (Å²) >= 11 is 0. The minimum atomic E-state index is -1.47. The first kappa shape index (κ1) is 20.1. The molecule has 1 saturated heterocycles. The molecule has 1 fully saturated rings. The van der Waals surface area contributed by atoms with Crippen molar-refractivity contribution in [3.8, 4) is 5.75 Å². The molecule has 1 aromatic carbocycles. The Morgan fingerprint density at radius 3 is 2.67 bits per heavy atom. The second-order valence-corrected chi connectivity index (χ2v) is 6.95. The van der Waals surface area contributed by atoms with Crippen LogP contribution in [0.1, 0.15) is 12.5 Å². The van der Waals surface area contributed by atoms with E-state index in [9.17, 15) is 20.4 Å². The van der Waals surface area contributed by atoms with Gasteiger partial charge in [0.2, 0.25) is 6.29 Å². The molecular weight excluding hydrogens is 352 g/mol. The highest BCUT2D eigenvalue weighted by atomic mass is 16.7. The number of hydrogen-bond donors (Lipinski definition) is 5. The van der Waals surface area contributed by atoms with Gasteiger partial charge in [0.05, 0.1) is 6.61 Å². The standard InChI is InChI=1S/C19H28N2O6/c1-3-21(2)8-7-11-9-20-12-5-4-6-13(15(11)12)26-19-18(25)17(24)16(23)14(10-22)27-19/h4-6,9,14,16-20,22-25H,3,7-8,10H2,1-2H3. The Labute approximate surface area is 157 Å². The number of aliphatic hydroxyl groups excluding tert-OH is 4. The van der Waals surface area contributed by atoms with Gasteiger partial charge in [-0.15, -0.1) is 0 Å². The first-order valence-electron chi connectivity index (χ1n) is 9.21. The zero-order valence-corrected chi connectivity index (χ0v) is 15.6. The summed E-state index contributed by atoms with van der Waals surface area (Å²) in [5.41, 5.74) is 1.97. The molecule has 2 heterocycles. The number of benzene rings is 1. The van der Waals surface area contributed by atoms with Crippen molar-refractivity contribution >= 4 is 10.9 Å². The molecule has 0 aliphatic carbocycles. The maximum absolute atomic E-state index is 10.2. The number of ether oxygens (including phenoxy) is 2. The third-order valence-electron chi connectivity index (χ3n) is 5.14.